The number of β-amino-alcohol motifs (C(OH)–C–C–N with tert-alkyl or cyclic N) is 1. The normalized spacial score (nSPS) is 25.4. The second-order valence-electron chi connectivity index (χ2n) is 9.44. The number of nitrogens with zero attached hydrogens (tertiary/aromatic N) is 1. The lowest BCUT2D eigenvalue weighted by Gasteiger charge is -2.45. The summed E-state index contributed by atoms with van der Waals surface area (Å²) in [6, 6.07) is 13.7. The molecule has 2 aliphatic rings. The average Bonchev–Trinajstić information content (AvgIpc) is 2.86. The Labute approximate surface area is 206 Å². The molecule has 2 aliphatic heterocycles. The minimum Gasteiger partial charge on any atom is -0.486 e. The molecule has 0 spiro atoms. The Bertz CT molecular complexity index is 936. The fourth-order valence-electron chi connectivity index (χ4n) is 4.85. The van der Waals surface area contributed by atoms with Crippen molar-refractivity contribution in [3.8, 4) is 22.6 Å². The highest BCUT2D eigenvalue weighted by molar-refractivity contribution is 5.67. The third kappa shape index (κ3) is 6.52. The van der Waals surface area contributed by atoms with E-state index in [1.165, 1.54) is 0 Å². The minimum atomic E-state index is -1.23. The Morgan fingerprint density at radius 2 is 1.63 bits per heavy atom. The third-order valence-corrected chi connectivity index (χ3v) is 6.76. The number of aliphatic hydroxyl groups excluding tert-OH is 4. The van der Waals surface area contributed by atoms with E-state index >= 15 is 0 Å². The van der Waals surface area contributed by atoms with Crippen molar-refractivity contribution >= 4 is 0 Å². The van der Waals surface area contributed by atoms with Crippen LogP contribution in [0.15, 0.2) is 42.5 Å². The minimum absolute atomic E-state index is 0.243. The van der Waals surface area contributed by atoms with Gasteiger partial charge in [0, 0.05) is 13.2 Å². The van der Waals surface area contributed by atoms with Gasteiger partial charge in [-0.2, -0.15) is 0 Å². The van der Waals surface area contributed by atoms with Crippen molar-refractivity contribution in [1.82, 2.24) is 4.90 Å². The summed E-state index contributed by atoms with van der Waals surface area (Å²) in [5, 5.41) is 40.1. The summed E-state index contributed by atoms with van der Waals surface area (Å²) in [7, 11) is 0. The quantitative estimate of drug-likeness (QED) is 0.377. The molecule has 4 N–H and O–H groups in total. The number of aliphatic hydroxyl groups is 4. The van der Waals surface area contributed by atoms with E-state index in [-0.39, 0.29) is 6.54 Å². The number of unbranched alkanes of at least 4 members (excludes halogenated alkanes) is 2. The van der Waals surface area contributed by atoms with E-state index in [0.717, 1.165) is 47.5 Å². The Balaban J connectivity index is 1.15. The molecule has 4 rings (SSSR count). The lowest BCUT2D eigenvalue weighted by Crippen LogP contribution is -2.64. The Hall–Kier alpha value is -2.20. The first-order chi connectivity index (χ1) is 16.9. The highest BCUT2D eigenvalue weighted by Gasteiger charge is 2.43. The molecule has 0 unspecified atom stereocenters. The van der Waals surface area contributed by atoms with Crippen LogP contribution in [-0.2, 0) is 11.3 Å². The maximum Gasteiger partial charge on any atom is 0.161 e. The molecule has 0 aromatic heterocycles. The van der Waals surface area contributed by atoms with Gasteiger partial charge in [0.25, 0.3) is 0 Å². The Morgan fingerprint density at radius 3 is 2.37 bits per heavy atom. The first kappa shape index (κ1) is 25.9. The van der Waals surface area contributed by atoms with E-state index in [1.54, 1.807) is 6.92 Å². The summed E-state index contributed by atoms with van der Waals surface area (Å²) in [6.45, 7) is 4.83. The predicted molar refractivity (Wildman–Crippen MR) is 131 cm³/mol. The number of rotatable bonds is 10. The van der Waals surface area contributed by atoms with Crippen molar-refractivity contribution in [1.29, 1.82) is 0 Å². The molecule has 2 heterocycles. The summed E-state index contributed by atoms with van der Waals surface area (Å²) < 4.78 is 17.1. The molecular formula is C27H37NO7. The zero-order valence-corrected chi connectivity index (χ0v) is 20.3. The summed E-state index contributed by atoms with van der Waals surface area (Å²) in [5.41, 5.74) is 3.31. The van der Waals surface area contributed by atoms with E-state index < -0.39 is 30.5 Å². The molecule has 0 bridgehead atoms. The van der Waals surface area contributed by atoms with Gasteiger partial charge in [0.2, 0.25) is 0 Å². The van der Waals surface area contributed by atoms with Gasteiger partial charge in [0.05, 0.1) is 24.9 Å². The van der Waals surface area contributed by atoms with Gasteiger partial charge in [-0.15, -0.1) is 0 Å². The fraction of sp³-hybridized carbons (Fsp3) is 0.556. The molecule has 2 aromatic rings. The molecule has 35 heavy (non-hydrogen) atoms. The Morgan fingerprint density at radius 1 is 0.914 bits per heavy atom. The molecule has 0 amide bonds. The number of hydrogen-bond acceptors (Lipinski definition) is 8. The second-order valence-corrected chi connectivity index (χ2v) is 9.44. The number of ether oxygens (including phenoxy) is 3. The van der Waals surface area contributed by atoms with Gasteiger partial charge < -0.3 is 34.6 Å². The molecule has 0 radical (unpaired) electrons. The second kappa shape index (κ2) is 12.2. The van der Waals surface area contributed by atoms with Gasteiger partial charge in [0.15, 0.2) is 11.5 Å². The summed E-state index contributed by atoms with van der Waals surface area (Å²) in [5.74, 6) is 1.57. The van der Waals surface area contributed by atoms with Gasteiger partial charge in [-0.1, -0.05) is 30.3 Å². The van der Waals surface area contributed by atoms with Gasteiger partial charge in [-0.05, 0) is 61.6 Å². The predicted octanol–water partition coefficient (Wildman–Crippen LogP) is 1.96. The third-order valence-electron chi connectivity index (χ3n) is 6.76. The van der Waals surface area contributed by atoms with Crippen LogP contribution in [0, 0.1) is 0 Å². The largest absolute Gasteiger partial charge is 0.486 e. The van der Waals surface area contributed by atoms with Crippen LogP contribution in [0.25, 0.3) is 11.1 Å². The maximum atomic E-state index is 10.2. The molecule has 5 atom stereocenters. The molecule has 2 aromatic carbocycles. The molecule has 0 saturated carbocycles. The fourth-order valence-corrected chi connectivity index (χ4v) is 4.85. The maximum absolute atomic E-state index is 10.2. The monoisotopic (exact) mass is 487 g/mol. The summed E-state index contributed by atoms with van der Waals surface area (Å²) in [4.78, 5) is 1.87. The molecule has 1 saturated heterocycles. The molecule has 0 aliphatic carbocycles. The van der Waals surface area contributed by atoms with E-state index in [0.29, 0.717) is 33.0 Å². The lowest BCUT2D eigenvalue weighted by molar-refractivity contribution is -0.157. The Kier molecular flexibility index (Phi) is 8.99. The highest BCUT2D eigenvalue weighted by atomic mass is 16.6. The van der Waals surface area contributed by atoms with Crippen molar-refractivity contribution in [2.24, 2.45) is 0 Å². The number of likely N-dealkylation sites (tertiary alicyclic amines) is 1. The van der Waals surface area contributed by atoms with E-state index in [2.05, 4.69) is 24.3 Å². The van der Waals surface area contributed by atoms with Crippen molar-refractivity contribution in [2.45, 2.75) is 63.3 Å². The van der Waals surface area contributed by atoms with Crippen LogP contribution in [0.3, 0.4) is 0 Å². The van der Waals surface area contributed by atoms with Gasteiger partial charge in [0.1, 0.15) is 25.4 Å². The summed E-state index contributed by atoms with van der Waals surface area (Å²) in [6.07, 6.45) is -1.51. The zero-order valence-electron chi connectivity index (χ0n) is 20.3. The van der Waals surface area contributed by atoms with Crippen LogP contribution >= 0.6 is 0 Å². The molecule has 1 fully saturated rings. The standard InChI is InChI=1S/C27H37NO7/c1-18(29)25-27(32)26(31)22(30)16-28(25)11-3-2-4-12-33-17-19-5-7-20(8-6-19)21-9-10-23-24(15-21)35-14-13-34-23/h5-10,15,18,22,25-27,29-32H,2-4,11-14,16-17H2,1H3/t18-,22+,25+,26-,27-/m1/s1. The van der Waals surface area contributed by atoms with E-state index in [4.69, 9.17) is 14.2 Å². The topological polar surface area (TPSA) is 112 Å². The number of benzene rings is 2. The van der Waals surface area contributed by atoms with E-state index in [9.17, 15) is 20.4 Å². The first-order valence-electron chi connectivity index (χ1n) is 12.5. The van der Waals surface area contributed by atoms with Crippen molar-refractivity contribution in [3.05, 3.63) is 48.0 Å². The average molecular weight is 488 g/mol. The first-order valence-corrected chi connectivity index (χ1v) is 12.5. The lowest BCUT2D eigenvalue weighted by atomic mass is 9.90. The summed E-state index contributed by atoms with van der Waals surface area (Å²) >= 11 is 0. The zero-order chi connectivity index (χ0) is 24.8. The van der Waals surface area contributed by atoms with Crippen LogP contribution in [0.4, 0.5) is 0 Å². The number of hydrogen-bond donors (Lipinski definition) is 4. The molecule has 8 heteroatoms. The van der Waals surface area contributed by atoms with Crippen molar-refractivity contribution in [3.63, 3.8) is 0 Å². The van der Waals surface area contributed by atoms with Crippen LogP contribution < -0.4 is 9.47 Å². The highest BCUT2D eigenvalue weighted by Crippen LogP contribution is 2.34. The molecule has 192 valence electrons. The van der Waals surface area contributed by atoms with Crippen LogP contribution in [0.2, 0.25) is 0 Å². The number of fused-ring (bicyclic) bond motifs is 1. The molecular weight excluding hydrogens is 450 g/mol. The van der Waals surface area contributed by atoms with Crippen LogP contribution in [-0.4, -0.2) is 88.7 Å². The number of piperidine rings is 1. The van der Waals surface area contributed by atoms with E-state index in [1.807, 2.05) is 23.1 Å². The van der Waals surface area contributed by atoms with Crippen molar-refractivity contribution in [2.75, 3.05) is 32.9 Å². The van der Waals surface area contributed by atoms with Crippen LogP contribution in [0.1, 0.15) is 31.7 Å². The van der Waals surface area contributed by atoms with Gasteiger partial charge in [-0.25, -0.2) is 0 Å². The SMILES string of the molecule is C[C@@H](O)[C@H]1[C@@H](O)[C@H](O)[C@@H](O)CN1CCCCCOCc1ccc(-c2ccc3c(c2)OCCO3)cc1. The van der Waals surface area contributed by atoms with Gasteiger partial charge in [-0.3, -0.25) is 4.90 Å². The smallest absolute Gasteiger partial charge is 0.161 e. The van der Waals surface area contributed by atoms with Crippen LogP contribution in [0.5, 0.6) is 11.5 Å². The molecule has 8 nitrogen and oxygen atoms in total. The van der Waals surface area contributed by atoms with Crippen molar-refractivity contribution < 1.29 is 34.6 Å². The van der Waals surface area contributed by atoms with Gasteiger partial charge >= 0.3 is 0 Å².